The van der Waals surface area contributed by atoms with Crippen LogP contribution in [0.1, 0.15) is 11.1 Å². The maximum Gasteiger partial charge on any atom is 0.283 e. The zero-order valence-corrected chi connectivity index (χ0v) is 13.4. The molecule has 2 heterocycles. The molecular weight excluding hydrogens is 348 g/mol. The molecule has 0 bridgehead atoms. The van der Waals surface area contributed by atoms with Crippen LogP contribution >= 0.6 is 15.9 Å². The van der Waals surface area contributed by atoms with Crippen LogP contribution in [0.3, 0.4) is 0 Å². The zero-order chi connectivity index (χ0) is 15.3. The van der Waals surface area contributed by atoms with Gasteiger partial charge in [-0.2, -0.15) is 0 Å². The Morgan fingerprint density at radius 3 is 2.59 bits per heavy atom. The molecule has 1 spiro atoms. The van der Waals surface area contributed by atoms with Crippen LogP contribution in [0.4, 0.5) is 0 Å². The van der Waals surface area contributed by atoms with Crippen molar-refractivity contribution in [2.75, 3.05) is 13.7 Å². The Balaban J connectivity index is 2.02. The standard InChI is InChI=1S/C16H13BrN2O3/c1-20-10-3-5-14-12(7-10)16(8-21-15(18)19-16)11-6-9(17)2-4-13(11)22-14/h2-7H,8H2,1H3,(H2,18,19)/t16-/m1/s1. The second-order valence-electron chi connectivity index (χ2n) is 5.20. The molecule has 2 aliphatic heterocycles. The molecule has 0 fully saturated rings. The van der Waals surface area contributed by atoms with Crippen molar-refractivity contribution in [3.8, 4) is 17.2 Å². The maximum absolute atomic E-state index is 6.01. The van der Waals surface area contributed by atoms with Gasteiger partial charge < -0.3 is 19.9 Å². The zero-order valence-electron chi connectivity index (χ0n) is 11.8. The van der Waals surface area contributed by atoms with Gasteiger partial charge in [0, 0.05) is 15.6 Å². The number of hydrogen-bond donors (Lipinski definition) is 1. The van der Waals surface area contributed by atoms with Crippen LogP contribution in [0, 0.1) is 0 Å². The number of aliphatic imine (C=N–C) groups is 1. The lowest BCUT2D eigenvalue weighted by molar-refractivity contribution is 0.264. The van der Waals surface area contributed by atoms with Crippen molar-refractivity contribution in [2.24, 2.45) is 10.7 Å². The molecule has 1 atom stereocenters. The highest BCUT2D eigenvalue weighted by Gasteiger charge is 2.47. The summed E-state index contributed by atoms with van der Waals surface area (Å²) < 4.78 is 17.8. The minimum Gasteiger partial charge on any atom is -0.497 e. The molecular formula is C16H13BrN2O3. The molecule has 6 heteroatoms. The Morgan fingerprint density at radius 2 is 1.91 bits per heavy atom. The SMILES string of the molecule is COc1ccc2c(c1)[C@@]1(COC(N)=N1)c1cc(Br)ccc1O2. The van der Waals surface area contributed by atoms with E-state index in [0.717, 1.165) is 32.8 Å². The number of methoxy groups -OCH3 is 1. The summed E-state index contributed by atoms with van der Waals surface area (Å²) in [6.07, 6.45) is 0. The van der Waals surface area contributed by atoms with Crippen molar-refractivity contribution in [1.82, 2.24) is 0 Å². The van der Waals surface area contributed by atoms with Crippen LogP contribution < -0.4 is 15.2 Å². The summed E-state index contributed by atoms with van der Waals surface area (Å²) in [5.41, 5.74) is 6.91. The van der Waals surface area contributed by atoms with E-state index in [4.69, 9.17) is 19.9 Å². The van der Waals surface area contributed by atoms with Crippen molar-refractivity contribution in [3.63, 3.8) is 0 Å². The number of rotatable bonds is 1. The van der Waals surface area contributed by atoms with Crippen molar-refractivity contribution >= 4 is 22.0 Å². The lowest BCUT2D eigenvalue weighted by Crippen LogP contribution is -2.31. The van der Waals surface area contributed by atoms with E-state index in [0.29, 0.717) is 6.61 Å². The maximum atomic E-state index is 6.01. The van der Waals surface area contributed by atoms with E-state index in [1.165, 1.54) is 0 Å². The Bertz CT molecular complexity index is 806. The molecule has 5 nitrogen and oxygen atoms in total. The fourth-order valence-corrected chi connectivity index (χ4v) is 3.29. The first-order valence-electron chi connectivity index (χ1n) is 6.77. The largest absolute Gasteiger partial charge is 0.497 e. The van der Waals surface area contributed by atoms with E-state index < -0.39 is 5.54 Å². The number of fused-ring (bicyclic) bond motifs is 4. The molecule has 0 radical (unpaired) electrons. The Morgan fingerprint density at radius 1 is 1.18 bits per heavy atom. The van der Waals surface area contributed by atoms with Gasteiger partial charge in [-0.15, -0.1) is 0 Å². The van der Waals surface area contributed by atoms with Crippen LogP contribution in [0.5, 0.6) is 17.2 Å². The normalized spacial score (nSPS) is 21.5. The van der Waals surface area contributed by atoms with Gasteiger partial charge in [-0.1, -0.05) is 15.9 Å². The van der Waals surface area contributed by atoms with Crippen molar-refractivity contribution in [3.05, 3.63) is 52.0 Å². The summed E-state index contributed by atoms with van der Waals surface area (Å²) in [5, 5.41) is 0. The predicted octanol–water partition coefficient (Wildman–Crippen LogP) is 3.15. The first-order valence-corrected chi connectivity index (χ1v) is 7.56. The third-order valence-electron chi connectivity index (χ3n) is 3.97. The van der Waals surface area contributed by atoms with Crippen LogP contribution in [0.15, 0.2) is 45.9 Å². The third-order valence-corrected chi connectivity index (χ3v) is 4.46. The third kappa shape index (κ3) is 1.80. The predicted molar refractivity (Wildman–Crippen MR) is 85.6 cm³/mol. The summed E-state index contributed by atoms with van der Waals surface area (Å²) in [4.78, 5) is 4.59. The molecule has 0 saturated carbocycles. The first kappa shape index (κ1) is 13.5. The average Bonchev–Trinajstić information content (AvgIpc) is 2.91. The van der Waals surface area contributed by atoms with Gasteiger partial charge in [0.1, 0.15) is 23.9 Å². The van der Waals surface area contributed by atoms with Gasteiger partial charge in [-0.3, -0.25) is 0 Å². The number of nitrogens with zero attached hydrogens (tertiary/aromatic N) is 1. The van der Waals surface area contributed by atoms with Gasteiger partial charge >= 0.3 is 0 Å². The molecule has 2 aliphatic rings. The fourth-order valence-electron chi connectivity index (χ4n) is 2.93. The molecule has 4 rings (SSSR count). The van der Waals surface area contributed by atoms with Crippen molar-refractivity contribution in [1.29, 1.82) is 0 Å². The summed E-state index contributed by atoms with van der Waals surface area (Å²) in [6.45, 7) is 0.339. The van der Waals surface area contributed by atoms with E-state index >= 15 is 0 Å². The van der Waals surface area contributed by atoms with Crippen molar-refractivity contribution < 1.29 is 14.2 Å². The van der Waals surface area contributed by atoms with Gasteiger partial charge in [-0.05, 0) is 36.4 Å². The fraction of sp³-hybridized carbons (Fsp3) is 0.188. The van der Waals surface area contributed by atoms with E-state index in [1.807, 2.05) is 36.4 Å². The first-order chi connectivity index (χ1) is 10.6. The van der Waals surface area contributed by atoms with E-state index in [9.17, 15) is 0 Å². The number of hydrogen-bond acceptors (Lipinski definition) is 5. The Kier molecular flexibility index (Phi) is 2.84. The molecule has 0 aromatic heterocycles. The minimum atomic E-state index is -0.703. The molecule has 2 aromatic carbocycles. The molecule has 0 unspecified atom stereocenters. The molecule has 2 aromatic rings. The highest BCUT2D eigenvalue weighted by atomic mass is 79.9. The van der Waals surface area contributed by atoms with E-state index in [1.54, 1.807) is 7.11 Å². The summed E-state index contributed by atoms with van der Waals surface area (Å²) >= 11 is 3.50. The lowest BCUT2D eigenvalue weighted by atomic mass is 9.81. The Hall–Kier alpha value is -2.21. The molecule has 112 valence electrons. The topological polar surface area (TPSA) is 66.1 Å². The molecule has 0 saturated heterocycles. The number of ether oxygens (including phenoxy) is 3. The van der Waals surface area contributed by atoms with Crippen molar-refractivity contribution in [2.45, 2.75) is 5.54 Å². The minimum absolute atomic E-state index is 0.182. The molecule has 0 aliphatic carbocycles. The molecule has 2 N–H and O–H groups in total. The summed E-state index contributed by atoms with van der Waals surface area (Å²) in [7, 11) is 1.63. The summed E-state index contributed by atoms with van der Waals surface area (Å²) in [6, 6.07) is 11.7. The van der Waals surface area contributed by atoms with Crippen LogP contribution in [0.2, 0.25) is 0 Å². The lowest BCUT2D eigenvalue weighted by Gasteiger charge is -2.33. The second-order valence-corrected chi connectivity index (χ2v) is 6.12. The van der Waals surface area contributed by atoms with Crippen LogP contribution in [-0.2, 0) is 10.3 Å². The highest BCUT2D eigenvalue weighted by molar-refractivity contribution is 9.10. The Labute approximate surface area is 135 Å². The average molecular weight is 361 g/mol. The molecule has 0 amide bonds. The quantitative estimate of drug-likeness (QED) is 0.848. The second kappa shape index (κ2) is 4.64. The monoisotopic (exact) mass is 360 g/mol. The van der Waals surface area contributed by atoms with Crippen LogP contribution in [0.25, 0.3) is 0 Å². The summed E-state index contributed by atoms with van der Waals surface area (Å²) in [5.74, 6) is 2.22. The number of halogens is 1. The smallest absolute Gasteiger partial charge is 0.283 e. The highest BCUT2D eigenvalue weighted by Crippen LogP contribution is 2.52. The number of amidine groups is 1. The van der Waals surface area contributed by atoms with E-state index in [2.05, 4.69) is 20.9 Å². The van der Waals surface area contributed by atoms with Gasteiger partial charge in [0.15, 0.2) is 5.54 Å². The molecule has 22 heavy (non-hydrogen) atoms. The van der Waals surface area contributed by atoms with Gasteiger partial charge in [0.2, 0.25) is 0 Å². The van der Waals surface area contributed by atoms with Crippen LogP contribution in [-0.4, -0.2) is 19.7 Å². The van der Waals surface area contributed by atoms with E-state index in [-0.39, 0.29) is 6.02 Å². The van der Waals surface area contributed by atoms with Gasteiger partial charge in [-0.25, -0.2) is 4.99 Å². The van der Waals surface area contributed by atoms with Gasteiger partial charge in [0.25, 0.3) is 6.02 Å². The number of benzene rings is 2. The van der Waals surface area contributed by atoms with Gasteiger partial charge in [0.05, 0.1) is 7.11 Å². The number of nitrogens with two attached hydrogens (primary N) is 1.